The molecule has 4 amide bonds. The van der Waals surface area contributed by atoms with Crippen LogP contribution in [0.25, 0.3) is 11.3 Å². The smallest absolute Gasteiger partial charge is 0.407 e. The van der Waals surface area contributed by atoms with E-state index in [1.807, 2.05) is 45.9 Å². The number of carbonyl (C=O) groups is 4. The maximum atomic E-state index is 13.6. The quantitative estimate of drug-likeness (QED) is 0.210. The van der Waals surface area contributed by atoms with Crippen molar-refractivity contribution in [3.05, 3.63) is 58.5 Å². The van der Waals surface area contributed by atoms with Gasteiger partial charge in [-0.1, -0.05) is 65.1 Å². The Hall–Kier alpha value is -5.03. The molecule has 0 radical (unpaired) electrons. The highest BCUT2D eigenvalue weighted by Gasteiger charge is 2.41. The summed E-state index contributed by atoms with van der Waals surface area (Å²) in [6.07, 6.45) is 3.52. The summed E-state index contributed by atoms with van der Waals surface area (Å²) in [6.45, 7) is 12.8. The van der Waals surface area contributed by atoms with Crippen molar-refractivity contribution in [3.63, 3.8) is 0 Å². The van der Waals surface area contributed by atoms with Gasteiger partial charge in [0.05, 0.1) is 49.4 Å². The molecule has 3 aromatic rings. The maximum absolute atomic E-state index is 13.6. The molecular formula is C38H49ClN8O6. The molecule has 15 heteroatoms. The van der Waals surface area contributed by atoms with Crippen LogP contribution in [0.4, 0.5) is 9.59 Å². The highest BCUT2D eigenvalue weighted by Crippen LogP contribution is 2.37. The van der Waals surface area contributed by atoms with Crippen LogP contribution in [0.5, 0.6) is 0 Å². The summed E-state index contributed by atoms with van der Waals surface area (Å²) in [4.78, 5) is 70.6. The number of amides is 4. The molecule has 2 aromatic heterocycles. The number of benzene rings is 1. The molecule has 0 aliphatic carbocycles. The van der Waals surface area contributed by atoms with Gasteiger partial charge in [-0.3, -0.25) is 9.59 Å². The number of aromatic amines is 2. The molecule has 4 N–H and O–H groups in total. The molecule has 6 atom stereocenters. The van der Waals surface area contributed by atoms with E-state index in [4.69, 9.17) is 21.1 Å². The second-order valence-electron chi connectivity index (χ2n) is 14.7. The van der Waals surface area contributed by atoms with Gasteiger partial charge in [0.25, 0.3) is 0 Å². The second kappa shape index (κ2) is 16.8. The van der Waals surface area contributed by atoms with Gasteiger partial charge in [0.2, 0.25) is 11.8 Å². The fourth-order valence-corrected chi connectivity index (χ4v) is 7.22. The van der Waals surface area contributed by atoms with Gasteiger partial charge in [-0.25, -0.2) is 19.6 Å². The van der Waals surface area contributed by atoms with E-state index in [9.17, 15) is 19.2 Å². The highest BCUT2D eigenvalue weighted by molar-refractivity contribution is 6.32. The van der Waals surface area contributed by atoms with Gasteiger partial charge >= 0.3 is 12.2 Å². The normalized spacial score (nSPS) is 20.9. The van der Waals surface area contributed by atoms with Crippen molar-refractivity contribution in [2.75, 3.05) is 27.3 Å². The highest BCUT2D eigenvalue weighted by atomic mass is 35.5. The number of hydrogen-bond donors (Lipinski definition) is 4. The standard InChI is InChI=1S/C38H49ClN8O6/c1-20(2)31(44-37(50)52-7)35(48)46-18-22(5)13-29(46)33-40-16-26(42-33)12-11-24-9-10-25(15-27(24)39)28-17-41-34(43-28)30-14-23(6)19-47(30)36(49)32(21(3)4)45-38(51)53-8/h9-10,15-17,20-23,29-32H,13-14,18-19H2,1-8H3,(H,40,42)(H,41,43)(H,44,50)(H,45,51)/t22-,23-,29-,30-,31-,32-/m0/s1. The number of hydrogen-bond acceptors (Lipinski definition) is 8. The summed E-state index contributed by atoms with van der Waals surface area (Å²) in [6, 6.07) is 3.52. The first-order valence-corrected chi connectivity index (χ1v) is 18.3. The van der Waals surface area contributed by atoms with Crippen LogP contribution >= 0.6 is 11.6 Å². The summed E-state index contributed by atoms with van der Waals surface area (Å²) < 4.78 is 9.50. The Morgan fingerprint density at radius 1 is 0.811 bits per heavy atom. The summed E-state index contributed by atoms with van der Waals surface area (Å²) in [7, 11) is 2.55. The number of imidazole rings is 2. The number of H-pyrrole nitrogens is 2. The number of nitrogens with one attached hydrogen (secondary N) is 4. The Balaban J connectivity index is 1.29. The Bertz CT molecular complexity index is 1880. The van der Waals surface area contributed by atoms with Gasteiger partial charge in [0.15, 0.2) is 0 Å². The zero-order valence-corrected chi connectivity index (χ0v) is 32.2. The molecule has 2 aliphatic rings. The fourth-order valence-electron chi connectivity index (χ4n) is 6.99. The molecule has 2 fully saturated rings. The first kappa shape index (κ1) is 39.2. The third kappa shape index (κ3) is 8.96. The lowest BCUT2D eigenvalue weighted by atomic mass is 10.0. The lowest BCUT2D eigenvalue weighted by Crippen LogP contribution is -2.51. The minimum atomic E-state index is -0.729. The molecule has 5 rings (SSSR count). The van der Waals surface area contributed by atoms with Gasteiger partial charge in [-0.2, -0.15) is 0 Å². The van der Waals surface area contributed by atoms with Gasteiger partial charge < -0.3 is 39.9 Å². The molecule has 2 saturated heterocycles. The van der Waals surface area contributed by atoms with E-state index in [-0.39, 0.29) is 47.6 Å². The van der Waals surface area contributed by atoms with Gasteiger partial charge in [-0.05, 0) is 54.6 Å². The minimum absolute atomic E-state index is 0.137. The van der Waals surface area contributed by atoms with Crippen molar-refractivity contribution in [3.8, 4) is 23.1 Å². The van der Waals surface area contributed by atoms with Crippen molar-refractivity contribution in [1.82, 2.24) is 40.4 Å². The van der Waals surface area contributed by atoms with Crippen molar-refractivity contribution in [2.24, 2.45) is 23.7 Å². The third-order valence-corrected chi connectivity index (χ3v) is 10.1. The predicted molar refractivity (Wildman–Crippen MR) is 198 cm³/mol. The lowest BCUT2D eigenvalue weighted by Gasteiger charge is -2.30. The zero-order valence-electron chi connectivity index (χ0n) is 31.5. The zero-order chi connectivity index (χ0) is 38.6. The van der Waals surface area contributed by atoms with Crippen molar-refractivity contribution in [1.29, 1.82) is 0 Å². The topological polar surface area (TPSA) is 175 Å². The fraction of sp³-hybridized carbons (Fsp3) is 0.526. The second-order valence-corrected chi connectivity index (χ2v) is 15.1. The summed E-state index contributed by atoms with van der Waals surface area (Å²) in [5, 5.41) is 5.81. The summed E-state index contributed by atoms with van der Waals surface area (Å²) >= 11 is 6.72. The number of rotatable bonds is 9. The molecule has 0 spiro atoms. The number of nitrogens with zero attached hydrogens (tertiary/aromatic N) is 4. The van der Waals surface area contributed by atoms with Crippen molar-refractivity contribution >= 4 is 35.6 Å². The monoisotopic (exact) mass is 748 g/mol. The number of methoxy groups -OCH3 is 2. The first-order chi connectivity index (χ1) is 25.2. The summed E-state index contributed by atoms with van der Waals surface area (Å²) in [5.41, 5.74) is 2.74. The molecule has 53 heavy (non-hydrogen) atoms. The lowest BCUT2D eigenvalue weighted by molar-refractivity contribution is -0.136. The van der Waals surface area contributed by atoms with Crippen LogP contribution in [0.3, 0.4) is 0 Å². The predicted octanol–water partition coefficient (Wildman–Crippen LogP) is 5.43. The van der Waals surface area contributed by atoms with E-state index in [2.05, 4.69) is 56.3 Å². The average Bonchev–Trinajstić information content (AvgIpc) is 3.94. The van der Waals surface area contributed by atoms with E-state index >= 15 is 0 Å². The molecule has 0 unspecified atom stereocenters. The number of ether oxygens (including phenoxy) is 2. The van der Waals surface area contributed by atoms with E-state index in [0.717, 1.165) is 24.1 Å². The van der Waals surface area contributed by atoms with Gasteiger partial charge in [-0.15, -0.1) is 0 Å². The van der Waals surface area contributed by atoms with E-state index < -0.39 is 24.3 Å². The number of alkyl carbamates (subject to hydrolysis) is 2. The van der Waals surface area contributed by atoms with Gasteiger partial charge in [0, 0.05) is 24.2 Å². The van der Waals surface area contributed by atoms with Crippen LogP contribution in [0.15, 0.2) is 30.6 Å². The van der Waals surface area contributed by atoms with Crippen LogP contribution in [0, 0.1) is 35.5 Å². The van der Waals surface area contributed by atoms with Crippen LogP contribution in [-0.4, -0.2) is 93.1 Å². The van der Waals surface area contributed by atoms with Crippen LogP contribution in [-0.2, 0) is 19.1 Å². The van der Waals surface area contributed by atoms with Crippen LogP contribution in [0.2, 0.25) is 5.02 Å². The largest absolute Gasteiger partial charge is 0.453 e. The molecule has 14 nitrogen and oxygen atoms in total. The Labute approximate surface area is 315 Å². The van der Waals surface area contributed by atoms with E-state index in [0.29, 0.717) is 41.0 Å². The Morgan fingerprint density at radius 2 is 1.32 bits per heavy atom. The Kier molecular flexibility index (Phi) is 12.4. The maximum Gasteiger partial charge on any atom is 0.407 e. The molecule has 4 heterocycles. The number of aromatic nitrogens is 4. The molecule has 2 aliphatic heterocycles. The third-order valence-electron chi connectivity index (χ3n) is 9.80. The van der Waals surface area contributed by atoms with Crippen molar-refractivity contribution < 1.29 is 28.7 Å². The minimum Gasteiger partial charge on any atom is -0.453 e. The molecule has 0 bridgehead atoms. The van der Waals surface area contributed by atoms with Gasteiger partial charge in [0.1, 0.15) is 29.4 Å². The molecule has 284 valence electrons. The van der Waals surface area contributed by atoms with Crippen molar-refractivity contribution in [2.45, 2.75) is 78.6 Å². The average molecular weight is 749 g/mol. The summed E-state index contributed by atoms with van der Waals surface area (Å²) in [5.74, 6) is 7.37. The number of likely N-dealkylation sites (tertiary alicyclic amines) is 2. The van der Waals surface area contributed by atoms with Crippen LogP contribution < -0.4 is 10.6 Å². The molecule has 0 saturated carbocycles. The Morgan fingerprint density at radius 3 is 1.81 bits per heavy atom. The van der Waals surface area contributed by atoms with E-state index in [1.54, 1.807) is 22.2 Å². The van der Waals surface area contributed by atoms with Crippen LogP contribution in [0.1, 0.15) is 89.4 Å². The molecular weight excluding hydrogens is 700 g/mol. The molecule has 1 aromatic carbocycles. The first-order valence-electron chi connectivity index (χ1n) is 17.9. The number of halogens is 1. The number of carbonyl (C=O) groups excluding carboxylic acids is 4. The van der Waals surface area contributed by atoms with E-state index in [1.165, 1.54) is 14.2 Å². The SMILES string of the molecule is COC(=O)N[C@H](C(=O)N1C[C@@H](C)C[C@H]1c1ncc(C#Cc2ccc(-c3cnc([C@@H]4C[C@H](C)CN4C(=O)[C@@H](NC(=O)OC)C(C)C)[nH]3)cc2Cl)[nH]1)C(C)C.